The van der Waals surface area contributed by atoms with Crippen LogP contribution < -0.4 is 5.32 Å². The van der Waals surface area contributed by atoms with Gasteiger partial charge in [0, 0.05) is 18.8 Å². The van der Waals surface area contributed by atoms with Crippen LogP contribution in [0, 0.1) is 12.3 Å². The van der Waals surface area contributed by atoms with E-state index in [0.717, 1.165) is 11.7 Å². The van der Waals surface area contributed by atoms with Gasteiger partial charge < -0.3 is 5.32 Å². The number of aromatic nitrogens is 3. The van der Waals surface area contributed by atoms with Gasteiger partial charge in [-0.25, -0.2) is 9.67 Å². The first-order valence-corrected chi connectivity index (χ1v) is 5.27. The molecule has 1 unspecified atom stereocenters. The summed E-state index contributed by atoms with van der Waals surface area (Å²) in [5.41, 5.74) is 0. The van der Waals surface area contributed by atoms with Crippen molar-refractivity contribution in [1.82, 2.24) is 20.1 Å². The highest BCUT2D eigenvalue weighted by atomic mass is 32.2. The molecule has 1 aromatic rings. The zero-order chi connectivity index (χ0) is 10.4. The molecule has 5 heteroatoms. The topological polar surface area (TPSA) is 42.7 Å². The van der Waals surface area contributed by atoms with Gasteiger partial charge in [-0.15, -0.1) is 6.42 Å². The van der Waals surface area contributed by atoms with Crippen LogP contribution in [-0.2, 0) is 7.05 Å². The largest absolute Gasteiger partial charge is 0.305 e. The van der Waals surface area contributed by atoms with Crippen LogP contribution in [0.4, 0.5) is 0 Å². The van der Waals surface area contributed by atoms with E-state index in [0.29, 0.717) is 11.8 Å². The van der Waals surface area contributed by atoms with Crippen LogP contribution in [0.3, 0.4) is 0 Å². The summed E-state index contributed by atoms with van der Waals surface area (Å²) in [6.07, 6.45) is 6.69. The minimum Gasteiger partial charge on any atom is -0.305 e. The average molecular weight is 210 g/mol. The van der Waals surface area contributed by atoms with E-state index in [1.165, 1.54) is 0 Å². The van der Waals surface area contributed by atoms with Crippen LogP contribution in [-0.4, -0.2) is 33.1 Å². The van der Waals surface area contributed by atoms with Gasteiger partial charge in [0.15, 0.2) is 5.16 Å². The van der Waals surface area contributed by atoms with Crippen LogP contribution in [0.5, 0.6) is 0 Å². The Morgan fingerprint density at radius 2 is 2.57 bits per heavy atom. The number of aryl methyl sites for hydroxylation is 1. The zero-order valence-electron chi connectivity index (χ0n) is 8.40. The average Bonchev–Trinajstić information content (AvgIpc) is 2.52. The summed E-state index contributed by atoms with van der Waals surface area (Å²) in [6.45, 7) is 3.62. The van der Waals surface area contributed by atoms with Crippen LogP contribution in [0.25, 0.3) is 0 Å². The lowest BCUT2D eigenvalue weighted by molar-refractivity contribution is 0.679. The van der Waals surface area contributed by atoms with Gasteiger partial charge in [0.05, 0.1) is 6.54 Å². The van der Waals surface area contributed by atoms with Gasteiger partial charge in [0.25, 0.3) is 0 Å². The first-order valence-electron chi connectivity index (χ1n) is 4.39. The molecule has 1 N–H and O–H groups in total. The van der Waals surface area contributed by atoms with Crippen molar-refractivity contribution in [2.45, 2.75) is 17.3 Å². The molecule has 0 radical (unpaired) electrons. The Hall–Kier alpha value is -0.990. The third kappa shape index (κ3) is 3.40. The molecule has 1 heterocycles. The molecule has 4 nitrogen and oxygen atoms in total. The Morgan fingerprint density at radius 1 is 1.79 bits per heavy atom. The number of rotatable bonds is 5. The van der Waals surface area contributed by atoms with Gasteiger partial charge in [-0.3, -0.25) is 0 Å². The molecule has 0 saturated heterocycles. The third-order valence-corrected chi connectivity index (χ3v) is 2.78. The summed E-state index contributed by atoms with van der Waals surface area (Å²) in [4.78, 5) is 4.13. The predicted octanol–water partition coefficient (Wildman–Crippen LogP) is 0.518. The van der Waals surface area contributed by atoms with Crippen molar-refractivity contribution in [2.24, 2.45) is 7.05 Å². The Labute approximate surface area is 88.5 Å². The van der Waals surface area contributed by atoms with E-state index < -0.39 is 0 Å². The molecule has 14 heavy (non-hydrogen) atoms. The molecule has 1 rings (SSSR count). The highest BCUT2D eigenvalue weighted by molar-refractivity contribution is 7.99. The lowest BCUT2D eigenvalue weighted by Gasteiger charge is -2.09. The maximum atomic E-state index is 5.13. The smallest absolute Gasteiger partial charge is 0.186 e. The van der Waals surface area contributed by atoms with Crippen molar-refractivity contribution in [3.8, 4) is 12.3 Å². The quantitative estimate of drug-likeness (QED) is 0.437. The second-order valence-electron chi connectivity index (χ2n) is 2.93. The molecule has 0 aliphatic carbocycles. The zero-order valence-corrected chi connectivity index (χ0v) is 9.21. The second kappa shape index (κ2) is 5.68. The summed E-state index contributed by atoms with van der Waals surface area (Å²) in [7, 11) is 1.89. The van der Waals surface area contributed by atoms with Gasteiger partial charge >= 0.3 is 0 Å². The molecule has 0 amide bonds. The van der Waals surface area contributed by atoms with Crippen molar-refractivity contribution < 1.29 is 0 Å². The van der Waals surface area contributed by atoms with Crippen LogP contribution >= 0.6 is 11.8 Å². The normalized spacial score (nSPS) is 12.4. The van der Waals surface area contributed by atoms with Crippen molar-refractivity contribution in [3.05, 3.63) is 6.33 Å². The van der Waals surface area contributed by atoms with Gasteiger partial charge in [-0.1, -0.05) is 24.6 Å². The van der Waals surface area contributed by atoms with E-state index in [9.17, 15) is 0 Å². The molecule has 0 spiro atoms. The van der Waals surface area contributed by atoms with E-state index in [-0.39, 0.29) is 0 Å². The summed E-state index contributed by atoms with van der Waals surface area (Å²) in [5, 5.41) is 8.52. The molecule has 0 aliphatic rings. The first kappa shape index (κ1) is 11.1. The molecule has 0 aliphatic heterocycles. The molecule has 0 bridgehead atoms. The van der Waals surface area contributed by atoms with Crippen LogP contribution in [0.1, 0.15) is 6.92 Å². The fourth-order valence-electron chi connectivity index (χ4n) is 0.962. The number of hydrogen-bond acceptors (Lipinski definition) is 4. The minimum absolute atomic E-state index is 0.436. The van der Waals surface area contributed by atoms with E-state index in [2.05, 4.69) is 28.2 Å². The summed E-state index contributed by atoms with van der Waals surface area (Å²) < 4.78 is 1.77. The Balaban J connectivity index is 2.31. The van der Waals surface area contributed by atoms with Gasteiger partial charge in [0.2, 0.25) is 0 Å². The van der Waals surface area contributed by atoms with Crippen molar-refractivity contribution >= 4 is 11.8 Å². The fraction of sp³-hybridized carbons (Fsp3) is 0.556. The Bertz CT molecular complexity index is 315. The lowest BCUT2D eigenvalue weighted by Crippen LogP contribution is -2.23. The molecule has 0 fully saturated rings. The van der Waals surface area contributed by atoms with Crippen LogP contribution in [0.15, 0.2) is 11.5 Å². The van der Waals surface area contributed by atoms with Crippen molar-refractivity contribution in [1.29, 1.82) is 0 Å². The summed E-state index contributed by atoms with van der Waals surface area (Å²) >= 11 is 1.69. The molecule has 1 aromatic heterocycles. The van der Waals surface area contributed by atoms with Crippen molar-refractivity contribution in [2.75, 3.05) is 13.1 Å². The molecule has 76 valence electrons. The van der Waals surface area contributed by atoms with Crippen LogP contribution in [0.2, 0.25) is 0 Å². The van der Waals surface area contributed by atoms with E-state index in [1.807, 2.05) is 7.05 Å². The van der Waals surface area contributed by atoms with E-state index in [1.54, 1.807) is 22.8 Å². The number of nitrogens with one attached hydrogen (secondary N) is 1. The standard InChI is InChI=1S/C9H14N4S/c1-4-5-10-6-8(2)14-9-11-7-12-13(9)3/h1,7-8,10H,5-6H2,2-3H3. The third-order valence-electron chi connectivity index (χ3n) is 1.64. The van der Waals surface area contributed by atoms with Gasteiger partial charge in [0.1, 0.15) is 6.33 Å². The SMILES string of the molecule is C#CCNCC(C)Sc1ncnn1C. The monoisotopic (exact) mass is 210 g/mol. The van der Waals surface area contributed by atoms with E-state index in [4.69, 9.17) is 6.42 Å². The van der Waals surface area contributed by atoms with Gasteiger partial charge in [-0.2, -0.15) is 5.10 Å². The molecule has 0 saturated carbocycles. The number of hydrogen-bond donors (Lipinski definition) is 1. The number of terminal acetylenes is 1. The first-order chi connectivity index (χ1) is 6.74. The molecule has 1 atom stereocenters. The number of thioether (sulfide) groups is 1. The minimum atomic E-state index is 0.436. The predicted molar refractivity (Wildman–Crippen MR) is 58.0 cm³/mol. The maximum absolute atomic E-state index is 5.13. The second-order valence-corrected chi connectivity index (χ2v) is 4.34. The Morgan fingerprint density at radius 3 is 3.14 bits per heavy atom. The summed E-state index contributed by atoms with van der Waals surface area (Å²) in [5.74, 6) is 2.54. The highest BCUT2D eigenvalue weighted by Crippen LogP contribution is 2.18. The van der Waals surface area contributed by atoms with E-state index >= 15 is 0 Å². The molecular weight excluding hydrogens is 196 g/mol. The molecule has 0 aromatic carbocycles. The van der Waals surface area contributed by atoms with Gasteiger partial charge in [-0.05, 0) is 0 Å². The fourth-order valence-corrected chi connectivity index (χ4v) is 1.83. The van der Waals surface area contributed by atoms with Crippen molar-refractivity contribution in [3.63, 3.8) is 0 Å². The maximum Gasteiger partial charge on any atom is 0.186 e. The summed E-state index contributed by atoms with van der Waals surface area (Å²) in [6, 6.07) is 0. The highest BCUT2D eigenvalue weighted by Gasteiger charge is 2.07. The number of nitrogens with zero attached hydrogens (tertiary/aromatic N) is 3. The molecular formula is C9H14N4S. The Kier molecular flexibility index (Phi) is 4.50. The lowest BCUT2D eigenvalue weighted by atomic mass is 10.4.